The van der Waals surface area contributed by atoms with Gasteiger partial charge in [0, 0.05) is 13.5 Å². The first-order valence-electron chi connectivity index (χ1n) is 4.06. The van der Waals surface area contributed by atoms with E-state index in [9.17, 15) is 0 Å². The summed E-state index contributed by atoms with van der Waals surface area (Å²) >= 11 is 0. The van der Waals surface area contributed by atoms with Crippen LogP contribution in [0.3, 0.4) is 0 Å². The smallest absolute Gasteiger partial charge is 0.0789 e. The Hall–Kier alpha value is -1.08. The Morgan fingerprint density at radius 3 is 2.58 bits per heavy atom. The van der Waals surface area contributed by atoms with E-state index in [0.29, 0.717) is 0 Å². The van der Waals surface area contributed by atoms with Gasteiger partial charge in [-0.3, -0.25) is 0 Å². The zero-order valence-electron chi connectivity index (χ0n) is 7.36. The van der Waals surface area contributed by atoms with E-state index in [1.165, 1.54) is 5.56 Å². The monoisotopic (exact) mass is 162 g/mol. The number of hydrogen-bond acceptors (Lipinski definition) is 1. The quantitative estimate of drug-likeness (QED) is 0.618. The van der Waals surface area contributed by atoms with Crippen LogP contribution in [0, 0.1) is 0 Å². The number of benzene rings is 1. The fraction of sp³-hybridized carbons (Fsp3) is 0.273. The molecule has 1 nitrogen and oxygen atoms in total. The van der Waals surface area contributed by atoms with Crippen LogP contribution in [-0.4, -0.2) is 13.2 Å². The summed E-state index contributed by atoms with van der Waals surface area (Å²) in [4.78, 5) is 0. The highest BCUT2D eigenvalue weighted by Crippen LogP contribution is 2.05. The van der Waals surface area contributed by atoms with Gasteiger partial charge in [-0.2, -0.15) is 0 Å². The highest BCUT2D eigenvalue weighted by atomic mass is 16.5. The minimum Gasteiger partial charge on any atom is -0.377 e. The second kappa shape index (κ2) is 4.73. The SMILES string of the molecule is C=CC(Cc1ccccc1)OC. The minimum absolute atomic E-state index is 0.132. The molecule has 0 heterocycles. The second-order valence-corrected chi connectivity index (χ2v) is 2.70. The molecule has 0 spiro atoms. The maximum Gasteiger partial charge on any atom is 0.0789 e. The van der Waals surface area contributed by atoms with Crippen molar-refractivity contribution in [1.29, 1.82) is 0 Å². The lowest BCUT2D eigenvalue weighted by Gasteiger charge is -2.09. The molecular formula is C11H14O. The second-order valence-electron chi connectivity index (χ2n) is 2.70. The van der Waals surface area contributed by atoms with Crippen LogP contribution in [0.25, 0.3) is 0 Å². The van der Waals surface area contributed by atoms with E-state index < -0.39 is 0 Å². The summed E-state index contributed by atoms with van der Waals surface area (Å²) in [6.07, 6.45) is 2.86. The molecule has 0 radical (unpaired) electrons. The summed E-state index contributed by atoms with van der Waals surface area (Å²) < 4.78 is 5.19. The van der Waals surface area contributed by atoms with Crippen LogP contribution in [0.5, 0.6) is 0 Å². The topological polar surface area (TPSA) is 9.23 Å². The van der Waals surface area contributed by atoms with Crippen LogP contribution >= 0.6 is 0 Å². The standard InChI is InChI=1S/C11H14O/c1-3-11(12-2)9-10-7-5-4-6-8-10/h3-8,11H,1,9H2,2H3. The molecular weight excluding hydrogens is 148 g/mol. The van der Waals surface area contributed by atoms with Gasteiger partial charge in [0.1, 0.15) is 0 Å². The van der Waals surface area contributed by atoms with Crippen molar-refractivity contribution in [2.75, 3.05) is 7.11 Å². The molecule has 0 saturated heterocycles. The van der Waals surface area contributed by atoms with E-state index in [4.69, 9.17) is 4.74 Å². The molecule has 1 aromatic carbocycles. The van der Waals surface area contributed by atoms with Gasteiger partial charge >= 0.3 is 0 Å². The van der Waals surface area contributed by atoms with Crippen molar-refractivity contribution in [1.82, 2.24) is 0 Å². The Balaban J connectivity index is 2.56. The lowest BCUT2D eigenvalue weighted by atomic mass is 10.1. The average molecular weight is 162 g/mol. The molecule has 0 fully saturated rings. The molecule has 0 aliphatic carbocycles. The molecule has 64 valence electrons. The first-order chi connectivity index (χ1) is 5.86. The molecule has 0 aliphatic heterocycles. The van der Waals surface area contributed by atoms with Gasteiger partial charge in [0.2, 0.25) is 0 Å². The van der Waals surface area contributed by atoms with Gasteiger partial charge in [0.15, 0.2) is 0 Å². The zero-order chi connectivity index (χ0) is 8.81. The van der Waals surface area contributed by atoms with Crippen molar-refractivity contribution in [2.45, 2.75) is 12.5 Å². The zero-order valence-corrected chi connectivity index (χ0v) is 7.36. The van der Waals surface area contributed by atoms with Gasteiger partial charge < -0.3 is 4.74 Å². The van der Waals surface area contributed by atoms with Crippen LogP contribution in [0.2, 0.25) is 0 Å². The van der Waals surface area contributed by atoms with Gasteiger partial charge in [0.05, 0.1) is 6.10 Å². The number of ether oxygens (including phenoxy) is 1. The number of methoxy groups -OCH3 is 1. The average Bonchev–Trinajstić information content (AvgIpc) is 2.16. The molecule has 0 bridgehead atoms. The molecule has 1 heteroatoms. The van der Waals surface area contributed by atoms with E-state index in [-0.39, 0.29) is 6.10 Å². The van der Waals surface area contributed by atoms with Gasteiger partial charge in [-0.25, -0.2) is 0 Å². The summed E-state index contributed by atoms with van der Waals surface area (Å²) in [6.45, 7) is 3.70. The van der Waals surface area contributed by atoms with Crippen LogP contribution in [-0.2, 0) is 11.2 Å². The van der Waals surface area contributed by atoms with E-state index >= 15 is 0 Å². The third-order valence-corrected chi connectivity index (χ3v) is 1.85. The third-order valence-electron chi connectivity index (χ3n) is 1.85. The maximum atomic E-state index is 5.19. The predicted octanol–water partition coefficient (Wildman–Crippen LogP) is 2.43. The van der Waals surface area contributed by atoms with E-state index in [0.717, 1.165) is 6.42 Å². The van der Waals surface area contributed by atoms with E-state index in [1.54, 1.807) is 7.11 Å². The van der Waals surface area contributed by atoms with Crippen molar-refractivity contribution in [3.8, 4) is 0 Å². The Morgan fingerprint density at radius 2 is 2.08 bits per heavy atom. The summed E-state index contributed by atoms with van der Waals surface area (Å²) in [6, 6.07) is 10.3. The molecule has 0 amide bonds. The van der Waals surface area contributed by atoms with Crippen molar-refractivity contribution in [3.63, 3.8) is 0 Å². The fourth-order valence-corrected chi connectivity index (χ4v) is 1.11. The molecule has 0 N–H and O–H groups in total. The molecule has 1 aromatic rings. The van der Waals surface area contributed by atoms with Crippen LogP contribution in [0.1, 0.15) is 5.56 Å². The summed E-state index contributed by atoms with van der Waals surface area (Å²) in [5.41, 5.74) is 1.28. The fourth-order valence-electron chi connectivity index (χ4n) is 1.11. The summed E-state index contributed by atoms with van der Waals surface area (Å²) in [5, 5.41) is 0. The Labute approximate surface area is 73.7 Å². The van der Waals surface area contributed by atoms with E-state index in [1.807, 2.05) is 24.3 Å². The van der Waals surface area contributed by atoms with Crippen molar-refractivity contribution >= 4 is 0 Å². The van der Waals surface area contributed by atoms with Gasteiger partial charge in [-0.1, -0.05) is 36.4 Å². The molecule has 0 saturated carbocycles. The summed E-state index contributed by atoms with van der Waals surface area (Å²) in [5.74, 6) is 0. The van der Waals surface area contributed by atoms with Crippen LogP contribution in [0.4, 0.5) is 0 Å². The lowest BCUT2D eigenvalue weighted by Crippen LogP contribution is -2.09. The van der Waals surface area contributed by atoms with Gasteiger partial charge in [-0.05, 0) is 5.56 Å². The van der Waals surface area contributed by atoms with Crippen molar-refractivity contribution in [2.24, 2.45) is 0 Å². The van der Waals surface area contributed by atoms with E-state index in [2.05, 4.69) is 18.7 Å². The first kappa shape index (κ1) is 9.01. The molecule has 0 aliphatic rings. The highest BCUT2D eigenvalue weighted by Gasteiger charge is 2.01. The van der Waals surface area contributed by atoms with Crippen LogP contribution < -0.4 is 0 Å². The summed E-state index contributed by atoms with van der Waals surface area (Å²) in [7, 11) is 1.70. The van der Waals surface area contributed by atoms with Gasteiger partial charge in [0.25, 0.3) is 0 Å². The maximum absolute atomic E-state index is 5.19. The Kier molecular flexibility index (Phi) is 3.55. The molecule has 1 unspecified atom stereocenters. The van der Waals surface area contributed by atoms with Crippen LogP contribution in [0.15, 0.2) is 43.0 Å². The lowest BCUT2D eigenvalue weighted by molar-refractivity contribution is 0.141. The minimum atomic E-state index is 0.132. The number of hydrogen-bond donors (Lipinski definition) is 0. The first-order valence-corrected chi connectivity index (χ1v) is 4.06. The normalized spacial score (nSPS) is 12.4. The molecule has 1 rings (SSSR count). The van der Waals surface area contributed by atoms with Crippen molar-refractivity contribution < 1.29 is 4.74 Å². The largest absolute Gasteiger partial charge is 0.377 e. The third kappa shape index (κ3) is 2.51. The Bertz CT molecular complexity index is 228. The predicted molar refractivity (Wildman–Crippen MR) is 51.1 cm³/mol. The highest BCUT2D eigenvalue weighted by molar-refractivity contribution is 5.16. The van der Waals surface area contributed by atoms with Gasteiger partial charge in [-0.15, -0.1) is 6.58 Å². The molecule has 0 aromatic heterocycles. The Morgan fingerprint density at radius 1 is 1.42 bits per heavy atom. The van der Waals surface area contributed by atoms with Crippen molar-refractivity contribution in [3.05, 3.63) is 48.6 Å². The number of rotatable bonds is 4. The molecule has 1 atom stereocenters. The molecule has 12 heavy (non-hydrogen) atoms.